The number of hydrogen-bond acceptors (Lipinski definition) is 1. The summed E-state index contributed by atoms with van der Waals surface area (Å²) in [6.07, 6.45) is 1.19. The first-order valence-corrected chi connectivity index (χ1v) is 6.40. The summed E-state index contributed by atoms with van der Waals surface area (Å²) in [6.45, 7) is 7.72. The summed E-state index contributed by atoms with van der Waals surface area (Å²) in [4.78, 5) is 0. The van der Waals surface area contributed by atoms with E-state index in [1.54, 1.807) is 0 Å². The van der Waals surface area contributed by atoms with Crippen LogP contribution < -0.4 is 5.32 Å². The van der Waals surface area contributed by atoms with Crippen molar-refractivity contribution in [2.45, 2.75) is 39.8 Å². The van der Waals surface area contributed by atoms with Crippen LogP contribution >= 0.6 is 15.9 Å². The Morgan fingerprint density at radius 1 is 1.33 bits per heavy atom. The van der Waals surface area contributed by atoms with Crippen molar-refractivity contribution in [1.82, 2.24) is 5.32 Å². The third kappa shape index (κ3) is 4.35. The highest BCUT2D eigenvalue weighted by Crippen LogP contribution is 2.12. The average molecular weight is 270 g/mol. The van der Waals surface area contributed by atoms with Gasteiger partial charge in [0.1, 0.15) is 0 Å². The van der Waals surface area contributed by atoms with E-state index in [0.29, 0.717) is 12.0 Å². The molecule has 0 bridgehead atoms. The predicted molar refractivity (Wildman–Crippen MR) is 69.9 cm³/mol. The van der Waals surface area contributed by atoms with Gasteiger partial charge in [0, 0.05) is 17.1 Å². The van der Waals surface area contributed by atoms with Crippen molar-refractivity contribution in [2.24, 2.45) is 5.92 Å². The molecule has 0 saturated carbocycles. The van der Waals surface area contributed by atoms with Crippen LogP contribution in [-0.2, 0) is 6.54 Å². The van der Waals surface area contributed by atoms with E-state index in [0.717, 1.165) is 11.0 Å². The summed E-state index contributed by atoms with van der Waals surface area (Å²) >= 11 is 3.49. The Kier molecular flexibility index (Phi) is 5.34. The predicted octanol–water partition coefficient (Wildman–Crippen LogP) is 3.97. The molecule has 0 heterocycles. The maximum atomic E-state index is 3.59. The molecule has 1 unspecified atom stereocenters. The smallest absolute Gasteiger partial charge is 0.0208 e. The zero-order valence-electron chi connectivity index (χ0n) is 9.76. The summed E-state index contributed by atoms with van der Waals surface area (Å²) in [6, 6.07) is 9.08. The summed E-state index contributed by atoms with van der Waals surface area (Å²) in [7, 11) is 0. The Morgan fingerprint density at radius 2 is 2.07 bits per heavy atom. The van der Waals surface area contributed by atoms with Gasteiger partial charge >= 0.3 is 0 Å². The largest absolute Gasteiger partial charge is 0.310 e. The maximum absolute atomic E-state index is 3.59. The SMILES string of the molecule is CCC(NCc1cccc(Br)c1)C(C)C. The van der Waals surface area contributed by atoms with Crippen LogP contribution in [0.25, 0.3) is 0 Å². The minimum atomic E-state index is 0.615. The van der Waals surface area contributed by atoms with E-state index < -0.39 is 0 Å². The standard InChI is InChI=1S/C13H20BrN/c1-4-13(10(2)3)15-9-11-6-5-7-12(14)8-11/h5-8,10,13,15H,4,9H2,1-3H3. The van der Waals surface area contributed by atoms with E-state index in [-0.39, 0.29) is 0 Å². The van der Waals surface area contributed by atoms with Crippen LogP contribution in [0.3, 0.4) is 0 Å². The van der Waals surface area contributed by atoms with Gasteiger partial charge < -0.3 is 5.32 Å². The molecule has 15 heavy (non-hydrogen) atoms. The summed E-state index contributed by atoms with van der Waals surface area (Å²) in [5.74, 6) is 0.696. The van der Waals surface area contributed by atoms with E-state index in [9.17, 15) is 0 Å². The van der Waals surface area contributed by atoms with Crippen LogP contribution in [0.4, 0.5) is 0 Å². The molecule has 0 aromatic heterocycles. The second-order valence-electron chi connectivity index (χ2n) is 4.27. The number of halogens is 1. The summed E-state index contributed by atoms with van der Waals surface area (Å²) in [5.41, 5.74) is 1.34. The molecule has 0 aliphatic heterocycles. The Hall–Kier alpha value is -0.340. The molecule has 1 atom stereocenters. The van der Waals surface area contributed by atoms with Gasteiger partial charge in [0.15, 0.2) is 0 Å². The lowest BCUT2D eigenvalue weighted by molar-refractivity contribution is 0.387. The van der Waals surface area contributed by atoms with Crippen LogP contribution in [0.1, 0.15) is 32.8 Å². The topological polar surface area (TPSA) is 12.0 Å². The van der Waals surface area contributed by atoms with Crippen LogP contribution in [0.5, 0.6) is 0 Å². The van der Waals surface area contributed by atoms with Gasteiger partial charge in [-0.15, -0.1) is 0 Å². The molecule has 0 saturated heterocycles. The molecule has 0 aliphatic carbocycles. The van der Waals surface area contributed by atoms with Crippen molar-refractivity contribution >= 4 is 15.9 Å². The Labute approximate surface area is 101 Å². The number of nitrogens with one attached hydrogen (secondary N) is 1. The van der Waals surface area contributed by atoms with Gasteiger partial charge in [-0.25, -0.2) is 0 Å². The van der Waals surface area contributed by atoms with Crippen molar-refractivity contribution in [3.63, 3.8) is 0 Å². The molecule has 1 aromatic carbocycles. The van der Waals surface area contributed by atoms with E-state index in [1.807, 2.05) is 0 Å². The fraction of sp³-hybridized carbons (Fsp3) is 0.538. The molecule has 1 N–H and O–H groups in total. The summed E-state index contributed by atoms with van der Waals surface area (Å²) < 4.78 is 1.15. The molecule has 1 rings (SSSR count). The van der Waals surface area contributed by atoms with Crippen molar-refractivity contribution in [2.75, 3.05) is 0 Å². The maximum Gasteiger partial charge on any atom is 0.0208 e. The quantitative estimate of drug-likeness (QED) is 0.853. The van der Waals surface area contributed by atoms with Crippen molar-refractivity contribution in [1.29, 1.82) is 0 Å². The van der Waals surface area contributed by atoms with Crippen LogP contribution in [0.15, 0.2) is 28.7 Å². The number of rotatable bonds is 5. The first kappa shape index (κ1) is 12.7. The fourth-order valence-corrected chi connectivity index (χ4v) is 2.19. The van der Waals surface area contributed by atoms with E-state index in [2.05, 4.69) is 66.3 Å². The zero-order chi connectivity index (χ0) is 11.3. The normalized spacial score (nSPS) is 13.1. The molecular formula is C13H20BrN. The van der Waals surface area contributed by atoms with Gasteiger partial charge in [-0.1, -0.05) is 48.8 Å². The van der Waals surface area contributed by atoms with Crippen molar-refractivity contribution < 1.29 is 0 Å². The lowest BCUT2D eigenvalue weighted by atomic mass is 10.0. The second kappa shape index (κ2) is 6.29. The highest BCUT2D eigenvalue weighted by Gasteiger charge is 2.09. The lowest BCUT2D eigenvalue weighted by Crippen LogP contribution is -2.32. The van der Waals surface area contributed by atoms with Gasteiger partial charge in [0.25, 0.3) is 0 Å². The molecule has 2 heteroatoms. The second-order valence-corrected chi connectivity index (χ2v) is 5.19. The van der Waals surface area contributed by atoms with E-state index in [4.69, 9.17) is 0 Å². The first-order chi connectivity index (χ1) is 7.13. The van der Waals surface area contributed by atoms with Gasteiger partial charge in [-0.3, -0.25) is 0 Å². The van der Waals surface area contributed by atoms with Crippen LogP contribution in [0, 0.1) is 5.92 Å². The zero-order valence-corrected chi connectivity index (χ0v) is 11.3. The van der Waals surface area contributed by atoms with Gasteiger partial charge in [0.05, 0.1) is 0 Å². The summed E-state index contributed by atoms with van der Waals surface area (Å²) in [5, 5.41) is 3.59. The van der Waals surface area contributed by atoms with E-state index in [1.165, 1.54) is 12.0 Å². The van der Waals surface area contributed by atoms with Crippen LogP contribution in [0.2, 0.25) is 0 Å². The van der Waals surface area contributed by atoms with Gasteiger partial charge in [0.2, 0.25) is 0 Å². The molecule has 0 aliphatic rings. The Morgan fingerprint density at radius 3 is 2.60 bits per heavy atom. The highest BCUT2D eigenvalue weighted by atomic mass is 79.9. The minimum Gasteiger partial charge on any atom is -0.310 e. The monoisotopic (exact) mass is 269 g/mol. The molecule has 0 amide bonds. The third-order valence-electron chi connectivity index (χ3n) is 2.70. The number of hydrogen-bond donors (Lipinski definition) is 1. The molecule has 0 fully saturated rings. The minimum absolute atomic E-state index is 0.615. The third-order valence-corrected chi connectivity index (χ3v) is 3.20. The number of benzene rings is 1. The average Bonchev–Trinajstić information content (AvgIpc) is 2.18. The van der Waals surface area contributed by atoms with Crippen molar-refractivity contribution in [3.05, 3.63) is 34.3 Å². The van der Waals surface area contributed by atoms with Gasteiger partial charge in [-0.2, -0.15) is 0 Å². The lowest BCUT2D eigenvalue weighted by Gasteiger charge is -2.20. The van der Waals surface area contributed by atoms with Gasteiger partial charge in [-0.05, 0) is 30.0 Å². The van der Waals surface area contributed by atoms with Crippen molar-refractivity contribution in [3.8, 4) is 0 Å². The molecule has 1 aromatic rings. The molecule has 0 radical (unpaired) electrons. The molecule has 1 nitrogen and oxygen atoms in total. The Balaban J connectivity index is 2.49. The first-order valence-electron chi connectivity index (χ1n) is 5.61. The van der Waals surface area contributed by atoms with E-state index >= 15 is 0 Å². The molecule has 0 spiro atoms. The molecule has 84 valence electrons. The molecular weight excluding hydrogens is 250 g/mol. The fourth-order valence-electron chi connectivity index (χ4n) is 1.75. The van der Waals surface area contributed by atoms with Crippen LogP contribution in [-0.4, -0.2) is 6.04 Å². The Bertz CT molecular complexity index is 296. The highest BCUT2D eigenvalue weighted by molar-refractivity contribution is 9.10.